The highest BCUT2D eigenvalue weighted by Crippen LogP contribution is 2.48. The van der Waals surface area contributed by atoms with Gasteiger partial charge in [0.1, 0.15) is 5.75 Å². The Kier molecular flexibility index (Phi) is 5.01. The molecule has 2 aliphatic heterocycles. The van der Waals surface area contributed by atoms with Gasteiger partial charge in [-0.05, 0) is 36.4 Å². The van der Waals surface area contributed by atoms with E-state index in [1.54, 1.807) is 18.9 Å². The van der Waals surface area contributed by atoms with Gasteiger partial charge in [0.2, 0.25) is 0 Å². The monoisotopic (exact) mass is 417 g/mol. The largest absolute Gasteiger partial charge is 0.497 e. The summed E-state index contributed by atoms with van der Waals surface area (Å²) >= 11 is 1.72. The summed E-state index contributed by atoms with van der Waals surface area (Å²) in [4.78, 5) is 22.0. The average Bonchev–Trinajstić information content (AvgIpc) is 2.82. The molecule has 0 bridgehead atoms. The Bertz CT molecular complexity index is 1030. The fourth-order valence-electron chi connectivity index (χ4n) is 4.02. The first-order valence-electron chi connectivity index (χ1n) is 10.1. The van der Waals surface area contributed by atoms with Gasteiger partial charge in [-0.2, -0.15) is 0 Å². The number of carbonyl (C=O) groups is 1. The predicted molar refractivity (Wildman–Crippen MR) is 121 cm³/mol. The lowest BCUT2D eigenvalue weighted by atomic mass is 10.2. The summed E-state index contributed by atoms with van der Waals surface area (Å²) in [5.41, 5.74) is 3.05. The average molecular weight is 418 g/mol. The molecule has 152 valence electrons. The summed E-state index contributed by atoms with van der Waals surface area (Å²) in [5.74, 6) is 0.852. The van der Waals surface area contributed by atoms with Gasteiger partial charge in [-0.25, -0.2) is 4.79 Å². The summed E-state index contributed by atoms with van der Waals surface area (Å²) < 4.78 is 5.35. The molecule has 30 heavy (non-hydrogen) atoms. The number of methoxy groups -OCH3 is 1. The molecule has 0 aliphatic carbocycles. The van der Waals surface area contributed by atoms with Crippen LogP contribution in [0.2, 0.25) is 0 Å². The van der Waals surface area contributed by atoms with E-state index in [9.17, 15) is 4.79 Å². The molecule has 6 heteroatoms. The van der Waals surface area contributed by atoms with Gasteiger partial charge >= 0.3 is 6.03 Å². The number of piperazine rings is 1. The van der Waals surface area contributed by atoms with Gasteiger partial charge in [-0.1, -0.05) is 42.1 Å². The number of amides is 2. The number of hydrogen-bond donors (Lipinski definition) is 0. The summed E-state index contributed by atoms with van der Waals surface area (Å²) in [7, 11) is 1.68. The highest BCUT2D eigenvalue weighted by atomic mass is 32.2. The highest BCUT2D eigenvalue weighted by molar-refractivity contribution is 7.99. The van der Waals surface area contributed by atoms with E-state index < -0.39 is 0 Å². The van der Waals surface area contributed by atoms with Crippen molar-refractivity contribution >= 4 is 34.9 Å². The first-order valence-corrected chi connectivity index (χ1v) is 10.9. The van der Waals surface area contributed by atoms with Crippen molar-refractivity contribution in [3.63, 3.8) is 0 Å². The number of urea groups is 1. The van der Waals surface area contributed by atoms with Crippen molar-refractivity contribution in [2.75, 3.05) is 43.1 Å². The van der Waals surface area contributed by atoms with Crippen LogP contribution in [-0.2, 0) is 0 Å². The standard InChI is InChI=1S/C24H23N3O2S/c1-29-19-8-6-7-18(17-19)25-13-15-26(16-14-25)24(28)27-20-9-2-4-11-22(20)30-23-12-5-3-10-21(23)27/h2-12,17H,13-16H2,1H3. The Morgan fingerprint density at radius 1 is 0.833 bits per heavy atom. The summed E-state index contributed by atoms with van der Waals surface area (Å²) in [6, 6.07) is 24.4. The molecule has 5 nitrogen and oxygen atoms in total. The third-order valence-electron chi connectivity index (χ3n) is 5.59. The maximum Gasteiger partial charge on any atom is 0.329 e. The van der Waals surface area contributed by atoms with Crippen LogP contribution in [0.3, 0.4) is 0 Å². The van der Waals surface area contributed by atoms with Crippen LogP contribution in [0.5, 0.6) is 5.75 Å². The first-order chi connectivity index (χ1) is 14.7. The van der Waals surface area contributed by atoms with Crippen molar-refractivity contribution in [3.8, 4) is 5.75 Å². The molecular formula is C24H23N3O2S. The van der Waals surface area contributed by atoms with E-state index in [1.807, 2.05) is 64.4 Å². The maximum atomic E-state index is 13.6. The molecule has 1 saturated heterocycles. The Morgan fingerprint density at radius 2 is 1.47 bits per heavy atom. The Labute approximate surface area is 180 Å². The Hall–Kier alpha value is -3.12. The van der Waals surface area contributed by atoms with E-state index in [-0.39, 0.29) is 6.03 Å². The van der Waals surface area contributed by atoms with Crippen molar-refractivity contribution in [1.29, 1.82) is 0 Å². The fraction of sp³-hybridized carbons (Fsp3) is 0.208. The normalized spacial score (nSPS) is 15.4. The first kappa shape index (κ1) is 18.9. The van der Waals surface area contributed by atoms with Gasteiger partial charge in [-0.15, -0.1) is 0 Å². The van der Waals surface area contributed by atoms with Crippen LogP contribution in [-0.4, -0.2) is 44.2 Å². The SMILES string of the molecule is COc1cccc(N2CCN(C(=O)N3c4ccccc4Sc4ccccc43)CC2)c1. The van der Waals surface area contributed by atoms with Gasteiger partial charge in [-0.3, -0.25) is 4.90 Å². The zero-order valence-electron chi connectivity index (χ0n) is 16.8. The molecule has 2 aliphatic rings. The van der Waals surface area contributed by atoms with Gasteiger partial charge in [0.25, 0.3) is 0 Å². The molecule has 2 amide bonds. The number of carbonyl (C=O) groups excluding carboxylic acids is 1. The second-order valence-corrected chi connectivity index (χ2v) is 8.41. The third-order valence-corrected chi connectivity index (χ3v) is 6.72. The molecular weight excluding hydrogens is 394 g/mol. The van der Waals surface area contributed by atoms with Crippen LogP contribution in [0.25, 0.3) is 0 Å². The van der Waals surface area contributed by atoms with E-state index in [4.69, 9.17) is 4.74 Å². The van der Waals surface area contributed by atoms with E-state index in [2.05, 4.69) is 23.1 Å². The number of para-hydroxylation sites is 2. The molecule has 3 aromatic carbocycles. The Balaban J connectivity index is 1.37. The van der Waals surface area contributed by atoms with Crippen molar-refractivity contribution in [2.24, 2.45) is 0 Å². The Morgan fingerprint density at radius 3 is 2.10 bits per heavy atom. The summed E-state index contributed by atoms with van der Waals surface area (Å²) in [6.07, 6.45) is 0. The number of rotatable bonds is 2. The minimum atomic E-state index is 0.0421. The molecule has 3 aromatic rings. The molecule has 5 rings (SSSR count). The summed E-state index contributed by atoms with van der Waals surface area (Å²) in [6.45, 7) is 2.96. The van der Waals surface area contributed by atoms with E-state index in [1.165, 1.54) is 0 Å². The minimum absolute atomic E-state index is 0.0421. The van der Waals surface area contributed by atoms with Crippen LogP contribution in [0, 0.1) is 0 Å². The van der Waals surface area contributed by atoms with Crippen molar-refractivity contribution in [2.45, 2.75) is 9.79 Å². The van der Waals surface area contributed by atoms with Gasteiger partial charge in [0.15, 0.2) is 0 Å². The van der Waals surface area contributed by atoms with Crippen molar-refractivity contribution in [3.05, 3.63) is 72.8 Å². The number of fused-ring (bicyclic) bond motifs is 2. The molecule has 0 spiro atoms. The summed E-state index contributed by atoms with van der Waals surface area (Å²) in [5, 5.41) is 0. The predicted octanol–water partition coefficient (Wildman–Crippen LogP) is 5.24. The molecule has 0 N–H and O–H groups in total. The lowest BCUT2D eigenvalue weighted by molar-refractivity contribution is 0.203. The molecule has 2 heterocycles. The third kappa shape index (κ3) is 3.37. The molecule has 0 radical (unpaired) electrons. The fourth-order valence-corrected chi connectivity index (χ4v) is 5.07. The van der Waals surface area contributed by atoms with E-state index in [0.717, 1.165) is 45.7 Å². The molecule has 0 aromatic heterocycles. The lowest BCUT2D eigenvalue weighted by Crippen LogP contribution is -2.52. The zero-order chi connectivity index (χ0) is 20.5. The van der Waals surface area contributed by atoms with Crippen LogP contribution < -0.4 is 14.5 Å². The topological polar surface area (TPSA) is 36.0 Å². The van der Waals surface area contributed by atoms with Gasteiger partial charge < -0.3 is 14.5 Å². The van der Waals surface area contributed by atoms with Crippen molar-refractivity contribution in [1.82, 2.24) is 4.90 Å². The van der Waals surface area contributed by atoms with E-state index in [0.29, 0.717) is 13.1 Å². The quantitative estimate of drug-likeness (QED) is 0.571. The molecule has 0 unspecified atom stereocenters. The van der Waals surface area contributed by atoms with Crippen LogP contribution in [0.4, 0.5) is 21.9 Å². The number of benzene rings is 3. The zero-order valence-corrected chi connectivity index (χ0v) is 17.6. The van der Waals surface area contributed by atoms with Crippen LogP contribution in [0.1, 0.15) is 0 Å². The second kappa shape index (κ2) is 7.95. The highest BCUT2D eigenvalue weighted by Gasteiger charge is 2.32. The smallest absolute Gasteiger partial charge is 0.329 e. The minimum Gasteiger partial charge on any atom is -0.497 e. The van der Waals surface area contributed by atoms with Crippen LogP contribution >= 0.6 is 11.8 Å². The van der Waals surface area contributed by atoms with Crippen LogP contribution in [0.15, 0.2) is 82.6 Å². The van der Waals surface area contributed by atoms with Gasteiger partial charge in [0, 0.05) is 47.7 Å². The van der Waals surface area contributed by atoms with Crippen molar-refractivity contribution < 1.29 is 9.53 Å². The van der Waals surface area contributed by atoms with E-state index >= 15 is 0 Å². The second-order valence-electron chi connectivity index (χ2n) is 7.33. The van der Waals surface area contributed by atoms with Gasteiger partial charge in [0.05, 0.1) is 18.5 Å². The number of nitrogens with zero attached hydrogens (tertiary/aromatic N) is 3. The number of ether oxygens (including phenoxy) is 1. The maximum absolute atomic E-state index is 13.6. The number of hydrogen-bond acceptors (Lipinski definition) is 4. The molecule has 0 atom stereocenters. The number of anilines is 3. The molecule has 1 fully saturated rings. The lowest BCUT2D eigenvalue weighted by Gasteiger charge is -2.40. The molecule has 0 saturated carbocycles.